The number of aliphatic hydroxyl groups excluding tert-OH is 2. The molecule has 1 rings (SSSR count). The number of esters is 1. The van der Waals surface area contributed by atoms with Gasteiger partial charge in [-0.05, 0) is 43.9 Å². The number of carbonyl (C=O) groups is 1. The van der Waals surface area contributed by atoms with E-state index in [4.69, 9.17) is 9.47 Å². The van der Waals surface area contributed by atoms with Crippen molar-refractivity contribution in [1.29, 1.82) is 0 Å². The van der Waals surface area contributed by atoms with Crippen LogP contribution in [0.25, 0.3) is 0 Å². The lowest BCUT2D eigenvalue weighted by Gasteiger charge is -2.19. The summed E-state index contributed by atoms with van der Waals surface area (Å²) in [5.74, 6) is 1.93. The molecule has 5 atom stereocenters. The molecule has 31 heavy (non-hydrogen) atoms. The smallest absolute Gasteiger partial charge is 0.330 e. The van der Waals surface area contributed by atoms with Crippen LogP contribution in [0.2, 0.25) is 0 Å². The van der Waals surface area contributed by atoms with E-state index in [9.17, 15) is 15.0 Å². The standard InChI is InChI=1S/C26H48O5/c1-19(2)9-6-10-20(3)11-7-12-21(4)13-8-14-22(5)17-25(29)31-18-24(28)26-23(27)15-16-30-26/h17,19-21,23-24,26-28H,6-16,18H2,1-5H3/b22-17+. The van der Waals surface area contributed by atoms with Crippen molar-refractivity contribution < 1.29 is 24.5 Å². The average molecular weight is 441 g/mol. The van der Waals surface area contributed by atoms with Gasteiger partial charge in [0.05, 0.1) is 6.10 Å². The van der Waals surface area contributed by atoms with Gasteiger partial charge in [0.1, 0.15) is 18.8 Å². The van der Waals surface area contributed by atoms with Crippen molar-refractivity contribution in [2.45, 2.75) is 117 Å². The highest BCUT2D eigenvalue weighted by Crippen LogP contribution is 2.22. The number of ether oxygens (including phenoxy) is 2. The van der Waals surface area contributed by atoms with Gasteiger partial charge >= 0.3 is 5.97 Å². The van der Waals surface area contributed by atoms with Crippen molar-refractivity contribution in [3.05, 3.63) is 11.6 Å². The fourth-order valence-corrected chi connectivity index (χ4v) is 4.25. The number of allylic oxidation sites excluding steroid dienone is 1. The van der Waals surface area contributed by atoms with E-state index in [1.165, 1.54) is 51.0 Å². The van der Waals surface area contributed by atoms with Crippen LogP contribution in [0, 0.1) is 17.8 Å². The summed E-state index contributed by atoms with van der Waals surface area (Å²) in [4.78, 5) is 12.0. The van der Waals surface area contributed by atoms with Gasteiger partial charge in [-0.1, -0.05) is 78.2 Å². The van der Waals surface area contributed by atoms with E-state index >= 15 is 0 Å². The first-order chi connectivity index (χ1) is 14.7. The number of hydrogen-bond donors (Lipinski definition) is 2. The highest BCUT2D eigenvalue weighted by atomic mass is 16.6. The maximum Gasteiger partial charge on any atom is 0.330 e. The van der Waals surface area contributed by atoms with Crippen molar-refractivity contribution in [2.75, 3.05) is 13.2 Å². The molecule has 0 aromatic carbocycles. The minimum Gasteiger partial charge on any atom is -0.460 e. The van der Waals surface area contributed by atoms with Gasteiger partial charge in [0, 0.05) is 12.7 Å². The second-order valence-corrected chi connectivity index (χ2v) is 10.2. The van der Waals surface area contributed by atoms with E-state index in [1.807, 2.05) is 6.92 Å². The first kappa shape index (κ1) is 28.1. The van der Waals surface area contributed by atoms with Crippen LogP contribution in [-0.2, 0) is 14.3 Å². The fourth-order valence-electron chi connectivity index (χ4n) is 4.25. The van der Waals surface area contributed by atoms with E-state index in [2.05, 4.69) is 27.7 Å². The molecule has 0 aromatic rings. The van der Waals surface area contributed by atoms with Gasteiger partial charge in [-0.15, -0.1) is 0 Å². The molecule has 0 aliphatic carbocycles. The molecule has 1 fully saturated rings. The zero-order valence-electron chi connectivity index (χ0n) is 20.6. The lowest BCUT2D eigenvalue weighted by Crippen LogP contribution is -2.38. The van der Waals surface area contributed by atoms with Crippen LogP contribution in [0.15, 0.2) is 11.6 Å². The number of aliphatic hydroxyl groups is 2. The third-order valence-electron chi connectivity index (χ3n) is 6.38. The second kappa shape index (κ2) is 15.8. The molecule has 0 radical (unpaired) electrons. The summed E-state index contributed by atoms with van der Waals surface area (Å²) < 4.78 is 10.4. The SMILES string of the molecule is C/C(=C\C(=O)OCC(O)C1OCCC1O)CCCC(C)CCCC(C)CCCC(C)C. The zero-order chi connectivity index (χ0) is 23.2. The van der Waals surface area contributed by atoms with Crippen molar-refractivity contribution >= 4 is 5.97 Å². The normalized spacial score (nSPS) is 22.5. The van der Waals surface area contributed by atoms with E-state index in [0.717, 1.165) is 36.2 Å². The third kappa shape index (κ3) is 13.3. The molecule has 0 amide bonds. The molecule has 5 nitrogen and oxygen atoms in total. The van der Waals surface area contributed by atoms with Gasteiger partial charge in [0.2, 0.25) is 0 Å². The molecule has 5 unspecified atom stereocenters. The number of hydrogen-bond acceptors (Lipinski definition) is 5. The minimum atomic E-state index is -0.992. The Morgan fingerprint density at radius 1 is 1.03 bits per heavy atom. The van der Waals surface area contributed by atoms with Crippen LogP contribution < -0.4 is 0 Å². The van der Waals surface area contributed by atoms with Gasteiger partial charge in [-0.25, -0.2) is 4.79 Å². The molecule has 1 aliphatic heterocycles. The summed E-state index contributed by atoms with van der Waals surface area (Å²) in [5, 5.41) is 19.7. The molecule has 0 spiro atoms. The van der Waals surface area contributed by atoms with Gasteiger partial charge < -0.3 is 19.7 Å². The monoisotopic (exact) mass is 440 g/mol. The molecule has 0 saturated carbocycles. The first-order valence-electron chi connectivity index (χ1n) is 12.5. The van der Waals surface area contributed by atoms with Crippen LogP contribution in [0.1, 0.15) is 98.8 Å². The van der Waals surface area contributed by atoms with E-state index in [0.29, 0.717) is 13.0 Å². The Morgan fingerprint density at radius 3 is 2.16 bits per heavy atom. The maximum atomic E-state index is 12.0. The maximum absolute atomic E-state index is 12.0. The minimum absolute atomic E-state index is 0.155. The second-order valence-electron chi connectivity index (χ2n) is 10.2. The van der Waals surface area contributed by atoms with Crippen molar-refractivity contribution in [2.24, 2.45) is 17.8 Å². The molecule has 1 heterocycles. The lowest BCUT2D eigenvalue weighted by atomic mass is 9.91. The topological polar surface area (TPSA) is 76.0 Å². The third-order valence-corrected chi connectivity index (χ3v) is 6.38. The molecule has 2 N–H and O–H groups in total. The summed E-state index contributed by atoms with van der Waals surface area (Å²) in [6, 6.07) is 0. The van der Waals surface area contributed by atoms with E-state index < -0.39 is 24.3 Å². The number of carbonyl (C=O) groups excluding carboxylic acids is 1. The van der Waals surface area contributed by atoms with Crippen molar-refractivity contribution in [1.82, 2.24) is 0 Å². The Labute approximate surface area is 190 Å². The van der Waals surface area contributed by atoms with Crippen LogP contribution in [-0.4, -0.2) is 47.7 Å². The van der Waals surface area contributed by atoms with Crippen LogP contribution in [0.5, 0.6) is 0 Å². The molecule has 0 bridgehead atoms. The summed E-state index contributed by atoms with van der Waals surface area (Å²) in [7, 11) is 0. The quantitative estimate of drug-likeness (QED) is 0.247. The summed E-state index contributed by atoms with van der Waals surface area (Å²) in [6.07, 6.45) is 10.8. The summed E-state index contributed by atoms with van der Waals surface area (Å²) in [5.41, 5.74) is 1.00. The highest BCUT2D eigenvalue weighted by Gasteiger charge is 2.33. The Balaban J connectivity index is 2.11. The van der Waals surface area contributed by atoms with Crippen LogP contribution >= 0.6 is 0 Å². The summed E-state index contributed by atoms with van der Waals surface area (Å²) in [6.45, 7) is 11.5. The Kier molecular flexibility index (Phi) is 14.4. The molecular formula is C26H48O5. The van der Waals surface area contributed by atoms with Gasteiger partial charge in [-0.3, -0.25) is 0 Å². The summed E-state index contributed by atoms with van der Waals surface area (Å²) >= 11 is 0. The molecule has 182 valence electrons. The predicted molar refractivity (Wildman–Crippen MR) is 126 cm³/mol. The molecule has 1 aliphatic rings. The van der Waals surface area contributed by atoms with Crippen LogP contribution in [0.3, 0.4) is 0 Å². The Bertz CT molecular complexity index is 516. The van der Waals surface area contributed by atoms with Gasteiger partial charge in [0.15, 0.2) is 0 Å². The fraction of sp³-hybridized carbons (Fsp3) is 0.885. The van der Waals surface area contributed by atoms with Gasteiger partial charge in [-0.2, -0.15) is 0 Å². The molecule has 1 saturated heterocycles. The first-order valence-corrected chi connectivity index (χ1v) is 12.5. The predicted octanol–water partition coefficient (Wildman–Crippen LogP) is 5.43. The Hall–Kier alpha value is -0.910. The van der Waals surface area contributed by atoms with E-state index in [1.54, 1.807) is 0 Å². The largest absolute Gasteiger partial charge is 0.460 e. The molecule has 0 aromatic heterocycles. The molecule has 5 heteroatoms. The van der Waals surface area contributed by atoms with Crippen LogP contribution in [0.4, 0.5) is 0 Å². The van der Waals surface area contributed by atoms with Gasteiger partial charge in [0.25, 0.3) is 0 Å². The number of rotatable bonds is 16. The lowest BCUT2D eigenvalue weighted by molar-refractivity contribution is -0.145. The van der Waals surface area contributed by atoms with Crippen molar-refractivity contribution in [3.8, 4) is 0 Å². The van der Waals surface area contributed by atoms with Crippen molar-refractivity contribution in [3.63, 3.8) is 0 Å². The zero-order valence-corrected chi connectivity index (χ0v) is 20.6. The Morgan fingerprint density at radius 2 is 1.61 bits per heavy atom. The average Bonchev–Trinajstić information content (AvgIpc) is 3.11. The highest BCUT2D eigenvalue weighted by molar-refractivity contribution is 5.82. The van der Waals surface area contributed by atoms with E-state index in [-0.39, 0.29) is 6.61 Å². The molecular weight excluding hydrogens is 392 g/mol.